The van der Waals surface area contributed by atoms with Gasteiger partial charge in [0.25, 0.3) is 0 Å². The highest BCUT2D eigenvalue weighted by molar-refractivity contribution is 6.33. The van der Waals surface area contributed by atoms with Crippen molar-refractivity contribution in [3.63, 3.8) is 0 Å². The van der Waals surface area contributed by atoms with Crippen LogP contribution >= 0.6 is 11.6 Å². The van der Waals surface area contributed by atoms with Crippen molar-refractivity contribution in [1.82, 2.24) is 9.78 Å². The summed E-state index contributed by atoms with van der Waals surface area (Å²) in [5.41, 5.74) is 1.92. The minimum absolute atomic E-state index is 0.393. The quantitative estimate of drug-likeness (QED) is 0.916. The molecule has 0 bridgehead atoms. The summed E-state index contributed by atoms with van der Waals surface area (Å²) < 4.78 is 7.38. The average Bonchev–Trinajstić information content (AvgIpc) is 2.90. The van der Waals surface area contributed by atoms with Gasteiger partial charge in [-0.05, 0) is 38.0 Å². The van der Waals surface area contributed by atoms with Crippen LogP contribution in [0.25, 0.3) is 5.69 Å². The lowest BCUT2D eigenvalue weighted by molar-refractivity contribution is 0.00299. The Morgan fingerprint density at radius 2 is 2.25 bits per heavy atom. The number of hydrogen-bond acceptors (Lipinski definition) is 3. The van der Waals surface area contributed by atoms with E-state index < -0.39 is 0 Å². The van der Waals surface area contributed by atoms with Crippen LogP contribution in [0.4, 0.5) is 5.69 Å². The van der Waals surface area contributed by atoms with E-state index in [1.54, 1.807) is 10.9 Å². The number of para-hydroxylation sites is 1. The van der Waals surface area contributed by atoms with E-state index in [1.807, 2.05) is 37.4 Å². The van der Waals surface area contributed by atoms with Crippen LogP contribution in [0.5, 0.6) is 0 Å². The number of halogens is 1. The third-order valence-corrected chi connectivity index (χ3v) is 3.88. The molecule has 0 atom stereocenters. The maximum Gasteiger partial charge on any atom is 0.106 e. The second-order valence-corrected chi connectivity index (χ2v) is 5.38. The molecule has 1 aromatic heterocycles. The van der Waals surface area contributed by atoms with Gasteiger partial charge < -0.3 is 10.1 Å². The van der Waals surface area contributed by atoms with Gasteiger partial charge in [-0.1, -0.05) is 17.7 Å². The van der Waals surface area contributed by atoms with Crippen molar-refractivity contribution in [1.29, 1.82) is 0 Å². The standard InChI is InChI=1S/C15H18ClN3O/c1-2-20-12-9-11(10-12)18-14-6-3-5-13(16)15(14)19-8-4-7-17-19/h3-8,11-12,18H,2,9-10H2,1H3. The molecular weight excluding hydrogens is 274 g/mol. The van der Waals surface area contributed by atoms with Crippen molar-refractivity contribution in [3.8, 4) is 5.69 Å². The van der Waals surface area contributed by atoms with Crippen molar-refractivity contribution in [2.24, 2.45) is 0 Å². The van der Waals surface area contributed by atoms with Gasteiger partial charge in [-0.3, -0.25) is 0 Å². The molecule has 0 saturated heterocycles. The Morgan fingerprint density at radius 3 is 2.95 bits per heavy atom. The maximum atomic E-state index is 6.32. The predicted octanol–water partition coefficient (Wildman–Crippen LogP) is 3.51. The van der Waals surface area contributed by atoms with E-state index in [0.29, 0.717) is 17.2 Å². The van der Waals surface area contributed by atoms with Gasteiger partial charge in [0.1, 0.15) is 5.69 Å². The van der Waals surface area contributed by atoms with Gasteiger partial charge in [-0.15, -0.1) is 0 Å². The van der Waals surface area contributed by atoms with Gasteiger partial charge in [0, 0.05) is 25.0 Å². The van der Waals surface area contributed by atoms with Gasteiger partial charge in [-0.2, -0.15) is 5.10 Å². The van der Waals surface area contributed by atoms with Gasteiger partial charge in [0.05, 0.1) is 16.8 Å². The fourth-order valence-corrected chi connectivity index (χ4v) is 2.80. The normalized spacial score (nSPS) is 21.5. The van der Waals surface area contributed by atoms with Crippen molar-refractivity contribution in [2.45, 2.75) is 31.9 Å². The predicted molar refractivity (Wildman–Crippen MR) is 80.6 cm³/mol. The highest BCUT2D eigenvalue weighted by Crippen LogP contribution is 2.32. The molecule has 0 aliphatic heterocycles. The molecule has 4 nitrogen and oxygen atoms in total. The largest absolute Gasteiger partial charge is 0.380 e. The van der Waals surface area contributed by atoms with E-state index in [1.165, 1.54) is 0 Å². The molecule has 5 heteroatoms. The molecule has 1 aliphatic rings. The van der Waals surface area contributed by atoms with Crippen molar-refractivity contribution < 1.29 is 4.74 Å². The van der Waals surface area contributed by atoms with Crippen LogP contribution in [0.3, 0.4) is 0 Å². The van der Waals surface area contributed by atoms with Crippen LogP contribution < -0.4 is 5.32 Å². The first kappa shape index (κ1) is 13.5. The van der Waals surface area contributed by atoms with Crippen LogP contribution in [0.2, 0.25) is 5.02 Å². The van der Waals surface area contributed by atoms with Gasteiger partial charge in [0.15, 0.2) is 0 Å². The molecule has 1 aliphatic carbocycles. The summed E-state index contributed by atoms with van der Waals surface area (Å²) >= 11 is 6.32. The second-order valence-electron chi connectivity index (χ2n) is 4.98. The van der Waals surface area contributed by atoms with E-state index >= 15 is 0 Å². The lowest BCUT2D eigenvalue weighted by Crippen LogP contribution is -2.41. The number of hydrogen-bond donors (Lipinski definition) is 1. The van der Waals surface area contributed by atoms with Crippen LogP contribution in [-0.4, -0.2) is 28.5 Å². The molecule has 106 valence electrons. The molecular formula is C15H18ClN3O. The van der Waals surface area contributed by atoms with E-state index in [4.69, 9.17) is 16.3 Å². The summed E-state index contributed by atoms with van der Waals surface area (Å²) in [7, 11) is 0. The summed E-state index contributed by atoms with van der Waals surface area (Å²) in [4.78, 5) is 0. The average molecular weight is 292 g/mol. The Morgan fingerprint density at radius 1 is 1.40 bits per heavy atom. The second kappa shape index (κ2) is 5.85. The third-order valence-electron chi connectivity index (χ3n) is 3.58. The molecule has 3 rings (SSSR count). The lowest BCUT2D eigenvalue weighted by Gasteiger charge is -2.36. The zero-order chi connectivity index (χ0) is 13.9. The van der Waals surface area contributed by atoms with E-state index in [2.05, 4.69) is 10.4 Å². The lowest BCUT2D eigenvalue weighted by atomic mass is 9.89. The van der Waals surface area contributed by atoms with E-state index in [9.17, 15) is 0 Å². The molecule has 0 unspecified atom stereocenters. The van der Waals surface area contributed by atoms with Crippen molar-refractivity contribution in [3.05, 3.63) is 41.7 Å². The van der Waals surface area contributed by atoms with Crippen molar-refractivity contribution >= 4 is 17.3 Å². The fourth-order valence-electron chi connectivity index (χ4n) is 2.54. The molecule has 1 N–H and O–H groups in total. The first-order valence-corrected chi connectivity index (χ1v) is 7.32. The molecule has 1 fully saturated rings. The Bertz CT molecular complexity index is 565. The molecule has 1 heterocycles. The highest BCUT2D eigenvalue weighted by Gasteiger charge is 2.30. The first-order chi connectivity index (χ1) is 9.78. The van der Waals surface area contributed by atoms with Crippen LogP contribution in [0.1, 0.15) is 19.8 Å². The first-order valence-electron chi connectivity index (χ1n) is 6.94. The molecule has 2 aromatic rings. The number of rotatable bonds is 5. The van der Waals surface area contributed by atoms with Crippen LogP contribution in [0.15, 0.2) is 36.7 Å². The highest BCUT2D eigenvalue weighted by atomic mass is 35.5. The maximum absolute atomic E-state index is 6.32. The van der Waals surface area contributed by atoms with Gasteiger partial charge >= 0.3 is 0 Å². The number of anilines is 1. The molecule has 1 aromatic carbocycles. The van der Waals surface area contributed by atoms with Crippen LogP contribution in [-0.2, 0) is 4.74 Å². The minimum atomic E-state index is 0.393. The number of ether oxygens (including phenoxy) is 1. The number of nitrogens with one attached hydrogen (secondary N) is 1. The minimum Gasteiger partial charge on any atom is -0.380 e. The third kappa shape index (κ3) is 2.67. The summed E-state index contributed by atoms with van der Waals surface area (Å²) in [5.74, 6) is 0. The zero-order valence-electron chi connectivity index (χ0n) is 11.4. The van der Waals surface area contributed by atoms with Crippen LogP contribution in [0, 0.1) is 0 Å². The Hall–Kier alpha value is -1.52. The number of aromatic nitrogens is 2. The SMILES string of the molecule is CCOC1CC(Nc2cccc(Cl)c2-n2cccn2)C1. The summed E-state index contributed by atoms with van der Waals surface area (Å²) in [6.45, 7) is 2.82. The Kier molecular flexibility index (Phi) is 3.94. The van der Waals surface area contributed by atoms with Gasteiger partial charge in [-0.25, -0.2) is 4.68 Å². The van der Waals surface area contributed by atoms with Crippen molar-refractivity contribution in [2.75, 3.05) is 11.9 Å². The van der Waals surface area contributed by atoms with Gasteiger partial charge in [0.2, 0.25) is 0 Å². The summed E-state index contributed by atoms with van der Waals surface area (Å²) in [6.07, 6.45) is 6.13. The monoisotopic (exact) mass is 291 g/mol. The number of benzene rings is 1. The zero-order valence-corrected chi connectivity index (χ0v) is 12.2. The summed E-state index contributed by atoms with van der Waals surface area (Å²) in [6, 6.07) is 8.21. The fraction of sp³-hybridized carbons (Fsp3) is 0.400. The Balaban J connectivity index is 1.76. The van der Waals surface area contributed by atoms with E-state index in [-0.39, 0.29) is 0 Å². The topological polar surface area (TPSA) is 39.1 Å². The van der Waals surface area contributed by atoms with E-state index in [0.717, 1.165) is 30.8 Å². The molecule has 0 amide bonds. The Labute approximate surface area is 123 Å². The smallest absolute Gasteiger partial charge is 0.106 e. The molecule has 0 radical (unpaired) electrons. The molecule has 0 spiro atoms. The molecule has 20 heavy (non-hydrogen) atoms. The molecule has 1 saturated carbocycles. The summed E-state index contributed by atoms with van der Waals surface area (Å²) in [5, 5.41) is 8.50. The number of nitrogens with zero attached hydrogens (tertiary/aromatic N) is 2.